The zero-order valence-electron chi connectivity index (χ0n) is 13.2. The SMILES string of the molecule is CC(C)(C)OC(=O)N1CCN(CC2(CCN)CC2)CC1. The van der Waals surface area contributed by atoms with Gasteiger partial charge in [0.15, 0.2) is 0 Å². The quantitative estimate of drug-likeness (QED) is 0.852. The number of hydrogen-bond donors (Lipinski definition) is 1. The van der Waals surface area contributed by atoms with Gasteiger partial charge in [0, 0.05) is 32.7 Å². The van der Waals surface area contributed by atoms with Crippen LogP contribution in [-0.4, -0.2) is 60.8 Å². The van der Waals surface area contributed by atoms with E-state index in [0.29, 0.717) is 5.41 Å². The van der Waals surface area contributed by atoms with Crippen molar-refractivity contribution >= 4 is 6.09 Å². The molecule has 0 unspecified atom stereocenters. The largest absolute Gasteiger partial charge is 0.444 e. The van der Waals surface area contributed by atoms with Gasteiger partial charge in [0.2, 0.25) is 0 Å². The molecular formula is C15H29N3O2. The summed E-state index contributed by atoms with van der Waals surface area (Å²) in [6, 6.07) is 0. The van der Waals surface area contributed by atoms with Crippen LogP contribution in [0.4, 0.5) is 4.79 Å². The molecule has 20 heavy (non-hydrogen) atoms. The molecule has 0 spiro atoms. The Labute approximate surface area is 122 Å². The number of nitrogens with zero attached hydrogens (tertiary/aromatic N) is 2. The first-order valence-electron chi connectivity index (χ1n) is 7.74. The zero-order valence-corrected chi connectivity index (χ0v) is 13.2. The lowest BCUT2D eigenvalue weighted by Crippen LogP contribution is -2.51. The highest BCUT2D eigenvalue weighted by Gasteiger charge is 2.43. The van der Waals surface area contributed by atoms with E-state index in [1.807, 2.05) is 25.7 Å². The maximum Gasteiger partial charge on any atom is 0.410 e. The van der Waals surface area contributed by atoms with Crippen LogP contribution >= 0.6 is 0 Å². The van der Waals surface area contributed by atoms with Crippen LogP contribution in [0.3, 0.4) is 0 Å². The van der Waals surface area contributed by atoms with E-state index < -0.39 is 5.60 Å². The van der Waals surface area contributed by atoms with Crippen LogP contribution in [0.2, 0.25) is 0 Å². The van der Waals surface area contributed by atoms with Crippen molar-refractivity contribution in [1.29, 1.82) is 0 Å². The van der Waals surface area contributed by atoms with Crippen molar-refractivity contribution in [2.24, 2.45) is 11.1 Å². The summed E-state index contributed by atoms with van der Waals surface area (Å²) < 4.78 is 5.42. The van der Waals surface area contributed by atoms with Gasteiger partial charge in [-0.25, -0.2) is 4.79 Å². The lowest BCUT2D eigenvalue weighted by atomic mass is 10.0. The summed E-state index contributed by atoms with van der Waals surface area (Å²) in [5.41, 5.74) is 5.77. The summed E-state index contributed by atoms with van der Waals surface area (Å²) in [4.78, 5) is 16.3. The fourth-order valence-corrected chi connectivity index (χ4v) is 2.86. The highest BCUT2D eigenvalue weighted by Crippen LogP contribution is 2.49. The molecule has 5 heteroatoms. The van der Waals surface area contributed by atoms with E-state index in [4.69, 9.17) is 10.5 Å². The summed E-state index contributed by atoms with van der Waals surface area (Å²) in [6.45, 7) is 11.1. The number of hydrogen-bond acceptors (Lipinski definition) is 4. The minimum atomic E-state index is -0.409. The number of amides is 1. The Bertz CT molecular complexity index is 340. The molecule has 1 heterocycles. The molecule has 1 amide bonds. The number of ether oxygens (including phenoxy) is 1. The van der Waals surface area contributed by atoms with Crippen LogP contribution in [0.5, 0.6) is 0 Å². The molecule has 0 bridgehead atoms. The fourth-order valence-electron chi connectivity index (χ4n) is 2.86. The van der Waals surface area contributed by atoms with Gasteiger partial charge >= 0.3 is 6.09 Å². The van der Waals surface area contributed by atoms with Crippen LogP contribution in [-0.2, 0) is 4.74 Å². The van der Waals surface area contributed by atoms with E-state index in [2.05, 4.69) is 4.90 Å². The molecule has 2 N–H and O–H groups in total. The van der Waals surface area contributed by atoms with Gasteiger partial charge in [-0.1, -0.05) is 0 Å². The van der Waals surface area contributed by atoms with Gasteiger partial charge in [0.1, 0.15) is 5.60 Å². The van der Waals surface area contributed by atoms with Crippen molar-refractivity contribution in [1.82, 2.24) is 9.80 Å². The standard InChI is InChI=1S/C15H29N3O2/c1-14(2,3)20-13(19)18-10-8-17(9-11-18)12-15(4-5-15)6-7-16/h4-12,16H2,1-3H3. The Morgan fingerprint density at radius 1 is 1.20 bits per heavy atom. The number of piperazine rings is 1. The molecule has 2 fully saturated rings. The third-order valence-electron chi connectivity index (χ3n) is 4.21. The van der Waals surface area contributed by atoms with Crippen molar-refractivity contribution in [3.05, 3.63) is 0 Å². The van der Waals surface area contributed by atoms with Gasteiger partial charge in [0.25, 0.3) is 0 Å². The van der Waals surface area contributed by atoms with E-state index in [1.54, 1.807) is 0 Å². The van der Waals surface area contributed by atoms with Crippen molar-refractivity contribution in [2.75, 3.05) is 39.3 Å². The average Bonchev–Trinajstić information content (AvgIpc) is 3.08. The molecule has 1 saturated carbocycles. The Morgan fingerprint density at radius 2 is 1.80 bits per heavy atom. The minimum Gasteiger partial charge on any atom is -0.444 e. The Hall–Kier alpha value is -0.810. The Kier molecular flexibility index (Phi) is 4.59. The summed E-state index contributed by atoms with van der Waals surface area (Å²) in [5.74, 6) is 0. The molecule has 1 aliphatic carbocycles. The first-order chi connectivity index (χ1) is 9.34. The van der Waals surface area contributed by atoms with Crippen LogP contribution in [0.25, 0.3) is 0 Å². The zero-order chi connectivity index (χ0) is 14.8. The summed E-state index contributed by atoms with van der Waals surface area (Å²) in [6.07, 6.45) is 3.59. The third-order valence-corrected chi connectivity index (χ3v) is 4.21. The molecule has 2 rings (SSSR count). The number of nitrogens with two attached hydrogens (primary N) is 1. The van der Waals surface area contributed by atoms with Crippen LogP contribution in [0, 0.1) is 5.41 Å². The second-order valence-electron chi connectivity index (χ2n) is 7.28. The molecule has 2 aliphatic rings. The van der Waals surface area contributed by atoms with Gasteiger partial charge in [-0.05, 0) is 52.0 Å². The van der Waals surface area contributed by atoms with E-state index in [9.17, 15) is 4.79 Å². The van der Waals surface area contributed by atoms with Crippen LogP contribution in [0.15, 0.2) is 0 Å². The molecular weight excluding hydrogens is 254 g/mol. The Balaban J connectivity index is 1.74. The molecule has 116 valence electrons. The van der Waals surface area contributed by atoms with Gasteiger partial charge in [-0.15, -0.1) is 0 Å². The number of rotatable bonds is 4. The monoisotopic (exact) mass is 283 g/mol. The van der Waals surface area contributed by atoms with E-state index in [0.717, 1.165) is 45.7 Å². The maximum atomic E-state index is 12.0. The van der Waals surface area contributed by atoms with E-state index in [-0.39, 0.29) is 6.09 Å². The van der Waals surface area contributed by atoms with Gasteiger partial charge < -0.3 is 15.4 Å². The molecule has 5 nitrogen and oxygen atoms in total. The first kappa shape index (κ1) is 15.6. The molecule has 0 aromatic rings. The van der Waals surface area contributed by atoms with E-state index >= 15 is 0 Å². The van der Waals surface area contributed by atoms with Gasteiger partial charge in [-0.3, -0.25) is 4.90 Å². The topological polar surface area (TPSA) is 58.8 Å². The van der Waals surface area contributed by atoms with Crippen LogP contribution in [0.1, 0.15) is 40.0 Å². The Morgan fingerprint density at radius 3 is 2.25 bits per heavy atom. The van der Waals surface area contributed by atoms with Gasteiger partial charge in [-0.2, -0.15) is 0 Å². The lowest BCUT2D eigenvalue weighted by molar-refractivity contribution is 0.0128. The molecule has 1 aliphatic heterocycles. The molecule has 0 aromatic carbocycles. The molecule has 0 radical (unpaired) electrons. The van der Waals surface area contributed by atoms with Crippen molar-refractivity contribution in [3.8, 4) is 0 Å². The lowest BCUT2D eigenvalue weighted by Gasteiger charge is -2.37. The summed E-state index contributed by atoms with van der Waals surface area (Å²) in [5, 5.41) is 0. The second-order valence-corrected chi connectivity index (χ2v) is 7.28. The average molecular weight is 283 g/mol. The smallest absolute Gasteiger partial charge is 0.410 e. The highest BCUT2D eigenvalue weighted by atomic mass is 16.6. The van der Waals surface area contributed by atoms with Crippen molar-refractivity contribution in [2.45, 2.75) is 45.6 Å². The normalized spacial score (nSPS) is 22.7. The van der Waals surface area contributed by atoms with Crippen LogP contribution < -0.4 is 5.73 Å². The third kappa shape index (κ3) is 4.35. The molecule has 0 aromatic heterocycles. The first-order valence-corrected chi connectivity index (χ1v) is 7.74. The van der Waals surface area contributed by atoms with Crippen molar-refractivity contribution in [3.63, 3.8) is 0 Å². The molecule has 1 saturated heterocycles. The molecule has 0 atom stereocenters. The number of carbonyl (C=O) groups is 1. The van der Waals surface area contributed by atoms with Gasteiger partial charge in [0.05, 0.1) is 0 Å². The fraction of sp³-hybridized carbons (Fsp3) is 0.933. The second kappa shape index (κ2) is 5.90. The summed E-state index contributed by atoms with van der Waals surface area (Å²) >= 11 is 0. The number of carbonyl (C=O) groups excluding carboxylic acids is 1. The highest BCUT2D eigenvalue weighted by molar-refractivity contribution is 5.68. The predicted octanol–water partition coefficient (Wildman–Crippen LogP) is 1.67. The minimum absolute atomic E-state index is 0.180. The van der Waals surface area contributed by atoms with Crippen molar-refractivity contribution < 1.29 is 9.53 Å². The maximum absolute atomic E-state index is 12.0. The van der Waals surface area contributed by atoms with E-state index in [1.165, 1.54) is 12.8 Å². The predicted molar refractivity (Wildman–Crippen MR) is 79.6 cm³/mol. The summed E-state index contributed by atoms with van der Waals surface area (Å²) in [7, 11) is 0.